The van der Waals surface area contributed by atoms with Gasteiger partial charge in [-0.05, 0) is 79.2 Å². The molecule has 0 aromatic carbocycles. The molecular formula is C16H31N3. The van der Waals surface area contributed by atoms with Crippen molar-refractivity contribution < 1.29 is 0 Å². The van der Waals surface area contributed by atoms with E-state index in [2.05, 4.69) is 30.0 Å². The molecule has 1 saturated heterocycles. The molecule has 0 aliphatic carbocycles. The lowest BCUT2D eigenvalue weighted by Gasteiger charge is -2.31. The summed E-state index contributed by atoms with van der Waals surface area (Å²) >= 11 is 0. The molecule has 1 heterocycles. The summed E-state index contributed by atoms with van der Waals surface area (Å²) in [7, 11) is 4.46. The van der Waals surface area contributed by atoms with E-state index in [4.69, 9.17) is 5.26 Å². The van der Waals surface area contributed by atoms with Gasteiger partial charge in [-0.1, -0.05) is 6.42 Å². The molecule has 1 fully saturated rings. The van der Waals surface area contributed by atoms with Gasteiger partial charge in [0.25, 0.3) is 0 Å². The fourth-order valence-electron chi connectivity index (χ4n) is 2.78. The first-order chi connectivity index (χ1) is 8.93. The smallest absolute Gasteiger partial charge is 0.0683 e. The van der Waals surface area contributed by atoms with Crippen molar-refractivity contribution in [1.82, 2.24) is 9.80 Å². The van der Waals surface area contributed by atoms with Crippen LogP contribution in [-0.4, -0.2) is 50.1 Å². The van der Waals surface area contributed by atoms with E-state index >= 15 is 0 Å². The lowest BCUT2D eigenvalue weighted by Crippen LogP contribution is -2.36. The molecule has 0 atom stereocenters. The lowest BCUT2D eigenvalue weighted by molar-refractivity contribution is 0.174. The maximum atomic E-state index is 8.98. The molecule has 0 bridgehead atoms. The van der Waals surface area contributed by atoms with Crippen LogP contribution < -0.4 is 0 Å². The van der Waals surface area contributed by atoms with Crippen molar-refractivity contribution in [2.75, 3.05) is 40.3 Å². The van der Waals surface area contributed by atoms with Crippen molar-refractivity contribution in [2.45, 2.75) is 46.0 Å². The molecule has 0 spiro atoms. The number of hydrogen-bond donors (Lipinski definition) is 0. The Bertz CT molecular complexity index is 285. The van der Waals surface area contributed by atoms with Gasteiger partial charge in [0.1, 0.15) is 0 Å². The number of nitriles is 1. The van der Waals surface area contributed by atoms with E-state index in [0.717, 1.165) is 18.8 Å². The fourth-order valence-corrected chi connectivity index (χ4v) is 2.78. The van der Waals surface area contributed by atoms with Gasteiger partial charge in [0.15, 0.2) is 0 Å². The Morgan fingerprint density at radius 3 is 2.47 bits per heavy atom. The van der Waals surface area contributed by atoms with E-state index in [1.54, 1.807) is 0 Å². The first-order valence-electron chi connectivity index (χ1n) is 7.71. The molecule has 0 N–H and O–H groups in total. The number of hydrogen-bond acceptors (Lipinski definition) is 3. The van der Waals surface area contributed by atoms with Crippen molar-refractivity contribution in [3.63, 3.8) is 0 Å². The summed E-state index contributed by atoms with van der Waals surface area (Å²) in [6.45, 7) is 9.01. The molecule has 0 saturated carbocycles. The highest BCUT2D eigenvalue weighted by molar-refractivity contribution is 4.91. The van der Waals surface area contributed by atoms with E-state index < -0.39 is 0 Å². The Hall–Kier alpha value is -0.590. The summed E-state index contributed by atoms with van der Waals surface area (Å²) in [6.07, 6.45) is 6.10. The zero-order valence-electron chi connectivity index (χ0n) is 13.3. The number of piperidine rings is 1. The summed E-state index contributed by atoms with van der Waals surface area (Å²) in [4.78, 5) is 4.91. The first kappa shape index (κ1) is 16.5. The topological polar surface area (TPSA) is 30.3 Å². The van der Waals surface area contributed by atoms with Crippen LogP contribution in [0.1, 0.15) is 46.0 Å². The van der Waals surface area contributed by atoms with Crippen LogP contribution in [0.15, 0.2) is 0 Å². The normalized spacial score (nSPS) is 18.7. The van der Waals surface area contributed by atoms with Gasteiger partial charge in [0, 0.05) is 6.54 Å². The molecular weight excluding hydrogens is 234 g/mol. The van der Waals surface area contributed by atoms with E-state index in [-0.39, 0.29) is 5.41 Å². The van der Waals surface area contributed by atoms with Crippen LogP contribution in [0, 0.1) is 22.7 Å². The Morgan fingerprint density at radius 1 is 1.26 bits per heavy atom. The highest BCUT2D eigenvalue weighted by Crippen LogP contribution is 2.22. The minimum absolute atomic E-state index is 0.146. The zero-order valence-corrected chi connectivity index (χ0v) is 13.3. The maximum absolute atomic E-state index is 8.98. The Morgan fingerprint density at radius 2 is 1.89 bits per heavy atom. The van der Waals surface area contributed by atoms with Crippen LogP contribution in [0.4, 0.5) is 0 Å². The molecule has 0 aromatic heterocycles. The number of likely N-dealkylation sites (tertiary alicyclic amines) is 1. The van der Waals surface area contributed by atoms with Crippen LogP contribution in [0.5, 0.6) is 0 Å². The standard InChI is InChI=1S/C16H31N3/c1-16(2,14-17)9-5-6-10-19(4)13-15-7-11-18(3)12-8-15/h15H,5-13H2,1-4H3. The molecule has 3 nitrogen and oxygen atoms in total. The maximum Gasteiger partial charge on any atom is 0.0683 e. The molecule has 110 valence electrons. The van der Waals surface area contributed by atoms with Gasteiger partial charge in [-0.2, -0.15) is 5.26 Å². The average Bonchev–Trinajstić information content (AvgIpc) is 2.38. The second kappa shape index (κ2) is 7.87. The quantitative estimate of drug-likeness (QED) is 0.663. The molecule has 0 amide bonds. The summed E-state index contributed by atoms with van der Waals surface area (Å²) in [5.41, 5.74) is -0.146. The Balaban J connectivity index is 2.08. The van der Waals surface area contributed by atoms with Gasteiger partial charge in [0.2, 0.25) is 0 Å². The van der Waals surface area contributed by atoms with Gasteiger partial charge in [-0.15, -0.1) is 0 Å². The monoisotopic (exact) mass is 265 g/mol. The molecule has 0 aromatic rings. The highest BCUT2D eigenvalue weighted by Gasteiger charge is 2.18. The van der Waals surface area contributed by atoms with Crippen LogP contribution in [-0.2, 0) is 0 Å². The summed E-state index contributed by atoms with van der Waals surface area (Å²) in [6, 6.07) is 2.38. The lowest BCUT2D eigenvalue weighted by atomic mass is 9.89. The predicted molar refractivity (Wildman–Crippen MR) is 81.0 cm³/mol. The molecule has 1 aliphatic heterocycles. The third-order valence-electron chi connectivity index (χ3n) is 4.30. The third kappa shape index (κ3) is 6.94. The van der Waals surface area contributed by atoms with Crippen LogP contribution in [0.25, 0.3) is 0 Å². The minimum Gasteiger partial charge on any atom is -0.306 e. The van der Waals surface area contributed by atoms with Crippen molar-refractivity contribution in [3.8, 4) is 6.07 Å². The van der Waals surface area contributed by atoms with Crippen molar-refractivity contribution >= 4 is 0 Å². The summed E-state index contributed by atoms with van der Waals surface area (Å²) < 4.78 is 0. The second-order valence-corrected chi connectivity index (χ2v) is 6.96. The number of nitrogens with zero attached hydrogens (tertiary/aromatic N) is 3. The SMILES string of the molecule is CN1CCC(CN(C)CCCCC(C)(C)C#N)CC1. The van der Waals surface area contributed by atoms with Crippen molar-refractivity contribution in [1.29, 1.82) is 5.26 Å². The van der Waals surface area contributed by atoms with E-state index in [1.807, 2.05) is 13.8 Å². The Kier molecular flexibility index (Phi) is 6.82. The van der Waals surface area contributed by atoms with Gasteiger partial charge < -0.3 is 9.80 Å². The van der Waals surface area contributed by atoms with Crippen LogP contribution in [0.3, 0.4) is 0 Å². The molecule has 0 unspecified atom stereocenters. The molecule has 19 heavy (non-hydrogen) atoms. The fraction of sp³-hybridized carbons (Fsp3) is 0.938. The second-order valence-electron chi connectivity index (χ2n) is 6.96. The van der Waals surface area contributed by atoms with E-state index in [9.17, 15) is 0 Å². The highest BCUT2D eigenvalue weighted by atomic mass is 15.1. The molecule has 0 radical (unpaired) electrons. The van der Waals surface area contributed by atoms with Gasteiger partial charge >= 0.3 is 0 Å². The molecule has 1 rings (SSSR count). The third-order valence-corrected chi connectivity index (χ3v) is 4.30. The van der Waals surface area contributed by atoms with Crippen molar-refractivity contribution in [2.24, 2.45) is 11.3 Å². The molecule has 1 aliphatic rings. The van der Waals surface area contributed by atoms with Crippen LogP contribution >= 0.6 is 0 Å². The predicted octanol–water partition coefficient (Wildman–Crippen LogP) is 2.98. The van der Waals surface area contributed by atoms with E-state index in [1.165, 1.54) is 45.4 Å². The number of rotatable bonds is 7. The molecule has 3 heteroatoms. The van der Waals surface area contributed by atoms with E-state index in [0.29, 0.717) is 0 Å². The first-order valence-corrected chi connectivity index (χ1v) is 7.71. The summed E-state index contributed by atoms with van der Waals surface area (Å²) in [5, 5.41) is 8.98. The average molecular weight is 265 g/mol. The van der Waals surface area contributed by atoms with Gasteiger partial charge in [-0.3, -0.25) is 0 Å². The zero-order chi connectivity index (χ0) is 14.3. The van der Waals surface area contributed by atoms with Gasteiger partial charge in [-0.25, -0.2) is 0 Å². The summed E-state index contributed by atoms with van der Waals surface area (Å²) in [5.74, 6) is 0.886. The Labute approximate surface area is 119 Å². The van der Waals surface area contributed by atoms with Crippen LogP contribution in [0.2, 0.25) is 0 Å². The number of unbranched alkanes of at least 4 members (excludes halogenated alkanes) is 1. The minimum atomic E-state index is -0.146. The van der Waals surface area contributed by atoms with Gasteiger partial charge in [0.05, 0.1) is 11.5 Å². The van der Waals surface area contributed by atoms with Crippen molar-refractivity contribution in [3.05, 3.63) is 0 Å². The largest absolute Gasteiger partial charge is 0.306 e.